The molecule has 114 valence electrons. The lowest BCUT2D eigenvalue weighted by Gasteiger charge is -2.17. The smallest absolute Gasteiger partial charge is 0.150 e. The fraction of sp³-hybridized carbons (Fsp3) is 0.538. The molecule has 0 aliphatic heterocycles. The summed E-state index contributed by atoms with van der Waals surface area (Å²) < 4.78 is 33.3. The number of benzene rings is 1. The van der Waals surface area contributed by atoms with Crippen molar-refractivity contribution >= 4 is 15.5 Å². The molecule has 1 aromatic carbocycles. The highest BCUT2D eigenvalue weighted by molar-refractivity contribution is 7.90. The van der Waals surface area contributed by atoms with Crippen LogP contribution in [0.25, 0.3) is 0 Å². The predicted octanol–water partition coefficient (Wildman–Crippen LogP) is 1.14. The molecular formula is C13H21NO5S. The van der Waals surface area contributed by atoms with Gasteiger partial charge in [-0.15, -0.1) is 0 Å². The molecule has 0 aromatic heterocycles. The number of anilines is 1. The second kappa shape index (κ2) is 6.81. The van der Waals surface area contributed by atoms with Gasteiger partial charge in [0.2, 0.25) is 0 Å². The van der Waals surface area contributed by atoms with E-state index in [0.717, 1.165) is 6.26 Å². The Labute approximate surface area is 119 Å². The molecule has 0 saturated heterocycles. The molecule has 0 radical (unpaired) electrons. The molecular weight excluding hydrogens is 282 g/mol. The van der Waals surface area contributed by atoms with Crippen molar-refractivity contribution in [3.8, 4) is 11.5 Å². The Bertz CT molecular complexity index is 529. The standard InChI is InChI=1S/C13H21NO5S/c1-4-18-11-6-9(10(15)8-20(3,16)17)7-12(13(11)14)19-5-2/h6-7,10,15H,4-5,8,14H2,1-3H3. The van der Waals surface area contributed by atoms with Crippen molar-refractivity contribution in [1.29, 1.82) is 0 Å². The highest BCUT2D eigenvalue weighted by Crippen LogP contribution is 2.35. The van der Waals surface area contributed by atoms with Gasteiger partial charge in [0.25, 0.3) is 0 Å². The average molecular weight is 303 g/mol. The Morgan fingerprint density at radius 1 is 1.20 bits per heavy atom. The Balaban J connectivity index is 3.18. The minimum Gasteiger partial charge on any atom is -0.492 e. The lowest BCUT2D eigenvalue weighted by Crippen LogP contribution is -2.13. The van der Waals surface area contributed by atoms with Crippen LogP contribution in [-0.4, -0.2) is 38.7 Å². The molecule has 0 aliphatic carbocycles. The molecule has 7 heteroatoms. The number of ether oxygens (including phenoxy) is 2. The second-order valence-corrected chi connectivity index (χ2v) is 6.59. The summed E-state index contributed by atoms with van der Waals surface area (Å²) in [5, 5.41) is 10.0. The molecule has 0 heterocycles. The molecule has 0 aliphatic rings. The van der Waals surface area contributed by atoms with E-state index in [-0.39, 0.29) is 5.75 Å². The van der Waals surface area contributed by atoms with E-state index in [1.165, 1.54) is 12.1 Å². The molecule has 1 atom stereocenters. The summed E-state index contributed by atoms with van der Waals surface area (Å²) in [6, 6.07) is 3.08. The average Bonchev–Trinajstić information content (AvgIpc) is 2.32. The summed E-state index contributed by atoms with van der Waals surface area (Å²) in [7, 11) is -3.29. The third kappa shape index (κ3) is 4.57. The maximum absolute atomic E-state index is 11.3. The summed E-state index contributed by atoms with van der Waals surface area (Å²) in [6.45, 7) is 4.42. The molecule has 1 rings (SSSR count). The summed E-state index contributed by atoms with van der Waals surface area (Å²) in [6.07, 6.45) is -0.0792. The van der Waals surface area contributed by atoms with Gasteiger partial charge in [-0.05, 0) is 31.5 Å². The van der Waals surface area contributed by atoms with Gasteiger partial charge in [-0.3, -0.25) is 0 Å². The number of aliphatic hydroxyl groups excluding tert-OH is 1. The SMILES string of the molecule is CCOc1cc(C(O)CS(C)(=O)=O)cc(OCC)c1N. The lowest BCUT2D eigenvalue weighted by molar-refractivity contribution is 0.200. The highest BCUT2D eigenvalue weighted by atomic mass is 32.2. The predicted molar refractivity (Wildman–Crippen MR) is 77.9 cm³/mol. The minimum absolute atomic E-state index is 0.337. The third-order valence-electron chi connectivity index (χ3n) is 2.57. The quantitative estimate of drug-likeness (QED) is 0.733. The van der Waals surface area contributed by atoms with Gasteiger partial charge in [0.05, 0.1) is 25.1 Å². The first-order chi connectivity index (χ1) is 9.28. The Morgan fingerprint density at radius 2 is 1.65 bits per heavy atom. The van der Waals surface area contributed by atoms with Crippen LogP contribution in [0.5, 0.6) is 11.5 Å². The number of hydrogen-bond donors (Lipinski definition) is 2. The number of rotatable bonds is 7. The van der Waals surface area contributed by atoms with Crippen LogP contribution in [0.2, 0.25) is 0 Å². The van der Waals surface area contributed by atoms with Crippen LogP contribution in [0.15, 0.2) is 12.1 Å². The molecule has 0 saturated carbocycles. The summed E-state index contributed by atoms with van der Waals surface area (Å²) in [5.41, 5.74) is 6.64. The van der Waals surface area contributed by atoms with Crippen molar-refractivity contribution in [2.45, 2.75) is 20.0 Å². The van der Waals surface area contributed by atoms with Crippen molar-refractivity contribution in [1.82, 2.24) is 0 Å². The molecule has 20 heavy (non-hydrogen) atoms. The first-order valence-corrected chi connectivity index (χ1v) is 8.39. The van der Waals surface area contributed by atoms with E-state index < -0.39 is 15.9 Å². The zero-order valence-electron chi connectivity index (χ0n) is 11.9. The molecule has 0 spiro atoms. The maximum atomic E-state index is 11.3. The molecule has 3 N–H and O–H groups in total. The van der Waals surface area contributed by atoms with Crippen LogP contribution in [0.3, 0.4) is 0 Å². The van der Waals surface area contributed by atoms with E-state index >= 15 is 0 Å². The monoisotopic (exact) mass is 303 g/mol. The largest absolute Gasteiger partial charge is 0.492 e. The number of hydrogen-bond acceptors (Lipinski definition) is 6. The molecule has 0 fully saturated rings. The molecule has 0 bridgehead atoms. The molecule has 1 aromatic rings. The van der Waals surface area contributed by atoms with Crippen molar-refractivity contribution in [2.24, 2.45) is 0 Å². The lowest BCUT2D eigenvalue weighted by atomic mass is 10.1. The van der Waals surface area contributed by atoms with Crippen LogP contribution >= 0.6 is 0 Å². The van der Waals surface area contributed by atoms with Gasteiger partial charge < -0.3 is 20.3 Å². The van der Waals surface area contributed by atoms with Crippen molar-refractivity contribution < 1.29 is 23.0 Å². The van der Waals surface area contributed by atoms with Crippen LogP contribution < -0.4 is 15.2 Å². The molecule has 6 nitrogen and oxygen atoms in total. The molecule has 0 amide bonds. The number of nitrogen functional groups attached to an aromatic ring is 1. The second-order valence-electron chi connectivity index (χ2n) is 4.41. The number of aliphatic hydroxyl groups is 1. The van der Waals surface area contributed by atoms with E-state index in [2.05, 4.69) is 0 Å². The Hall–Kier alpha value is -1.47. The Kier molecular flexibility index (Phi) is 5.64. The third-order valence-corrected chi connectivity index (χ3v) is 3.49. The molecule has 1 unspecified atom stereocenters. The summed E-state index contributed by atoms with van der Waals surface area (Å²) in [4.78, 5) is 0. The van der Waals surface area contributed by atoms with Crippen molar-refractivity contribution in [2.75, 3.05) is 31.0 Å². The maximum Gasteiger partial charge on any atom is 0.150 e. The van der Waals surface area contributed by atoms with Gasteiger partial charge in [-0.25, -0.2) is 8.42 Å². The number of nitrogens with two attached hydrogens (primary N) is 1. The van der Waals surface area contributed by atoms with Crippen LogP contribution in [0.1, 0.15) is 25.5 Å². The van der Waals surface area contributed by atoms with Gasteiger partial charge in [0, 0.05) is 6.26 Å². The summed E-state index contributed by atoms with van der Waals surface area (Å²) >= 11 is 0. The van der Waals surface area contributed by atoms with Gasteiger partial charge >= 0.3 is 0 Å². The first kappa shape index (κ1) is 16.6. The first-order valence-electron chi connectivity index (χ1n) is 6.33. The van der Waals surface area contributed by atoms with Gasteiger partial charge in [0.15, 0.2) is 0 Å². The van der Waals surface area contributed by atoms with Gasteiger partial charge in [0.1, 0.15) is 27.0 Å². The van der Waals surface area contributed by atoms with Crippen molar-refractivity contribution in [3.63, 3.8) is 0 Å². The zero-order chi connectivity index (χ0) is 15.3. The van der Waals surface area contributed by atoms with Gasteiger partial charge in [-0.2, -0.15) is 0 Å². The van der Waals surface area contributed by atoms with E-state index in [4.69, 9.17) is 15.2 Å². The topological polar surface area (TPSA) is 98.8 Å². The highest BCUT2D eigenvalue weighted by Gasteiger charge is 2.19. The van der Waals surface area contributed by atoms with E-state index in [9.17, 15) is 13.5 Å². The van der Waals surface area contributed by atoms with E-state index in [1.54, 1.807) is 13.8 Å². The van der Waals surface area contributed by atoms with Crippen LogP contribution in [-0.2, 0) is 9.84 Å². The zero-order valence-corrected chi connectivity index (χ0v) is 12.7. The van der Waals surface area contributed by atoms with E-state index in [0.29, 0.717) is 36.0 Å². The summed E-state index contributed by atoms with van der Waals surface area (Å²) in [5.74, 6) is 0.385. The Morgan fingerprint density at radius 3 is 2.00 bits per heavy atom. The van der Waals surface area contributed by atoms with E-state index in [1.807, 2.05) is 0 Å². The minimum atomic E-state index is -3.29. The number of sulfone groups is 1. The van der Waals surface area contributed by atoms with Crippen LogP contribution in [0.4, 0.5) is 5.69 Å². The fourth-order valence-electron chi connectivity index (χ4n) is 1.75. The normalized spacial score (nSPS) is 13.0. The van der Waals surface area contributed by atoms with Crippen LogP contribution in [0, 0.1) is 0 Å². The van der Waals surface area contributed by atoms with Crippen molar-refractivity contribution in [3.05, 3.63) is 17.7 Å². The fourth-order valence-corrected chi connectivity index (χ4v) is 2.51. The van der Waals surface area contributed by atoms with Gasteiger partial charge in [-0.1, -0.05) is 0 Å².